The number of nitrogens with one attached hydrogen (secondary N) is 1. The van der Waals surface area contributed by atoms with E-state index in [1.807, 2.05) is 19.2 Å². The van der Waals surface area contributed by atoms with Crippen molar-refractivity contribution in [2.45, 2.75) is 46.1 Å². The molecule has 0 spiro atoms. The van der Waals surface area contributed by atoms with Gasteiger partial charge in [0.2, 0.25) is 5.88 Å². The Morgan fingerprint density at radius 1 is 1.36 bits per heavy atom. The van der Waals surface area contributed by atoms with Crippen molar-refractivity contribution >= 4 is 11.5 Å². The van der Waals surface area contributed by atoms with Crippen LogP contribution in [0.2, 0.25) is 0 Å². The van der Waals surface area contributed by atoms with Crippen molar-refractivity contribution in [3.8, 4) is 5.88 Å². The first-order valence-corrected chi connectivity index (χ1v) is 7.95. The van der Waals surface area contributed by atoms with E-state index in [2.05, 4.69) is 38.9 Å². The zero-order chi connectivity index (χ0) is 15.5. The minimum atomic E-state index is 0.578. The molecule has 2 heterocycles. The van der Waals surface area contributed by atoms with Gasteiger partial charge in [-0.25, -0.2) is 9.97 Å². The molecular formula is C16H23N5O. The summed E-state index contributed by atoms with van der Waals surface area (Å²) in [5, 5.41) is 7.92. The highest BCUT2D eigenvalue weighted by Gasteiger charge is 2.30. The smallest absolute Gasteiger partial charge is 0.218 e. The summed E-state index contributed by atoms with van der Waals surface area (Å²) >= 11 is 0. The van der Waals surface area contributed by atoms with Crippen molar-refractivity contribution in [3.05, 3.63) is 24.3 Å². The number of hydrogen-bond acceptors (Lipinski definition) is 5. The van der Waals surface area contributed by atoms with Crippen LogP contribution in [0.5, 0.6) is 5.88 Å². The number of rotatable bonds is 7. The molecule has 1 N–H and O–H groups in total. The molecule has 6 nitrogen and oxygen atoms in total. The second kappa shape index (κ2) is 6.34. The van der Waals surface area contributed by atoms with Gasteiger partial charge in [-0.15, -0.1) is 0 Å². The van der Waals surface area contributed by atoms with Gasteiger partial charge in [0.25, 0.3) is 0 Å². The highest BCUT2D eigenvalue weighted by Crippen LogP contribution is 2.44. The molecule has 2 aromatic heterocycles. The summed E-state index contributed by atoms with van der Waals surface area (Å²) in [6, 6.07) is 1.82. The second-order valence-corrected chi connectivity index (χ2v) is 6.09. The van der Waals surface area contributed by atoms with Crippen molar-refractivity contribution in [2.24, 2.45) is 5.92 Å². The SMILES string of the molecule is CCOc1cc(Nc2cnn(CC(C)C)c2C2CC2)ncn1. The van der Waals surface area contributed by atoms with Crippen LogP contribution in [0.4, 0.5) is 11.5 Å². The van der Waals surface area contributed by atoms with E-state index in [-0.39, 0.29) is 0 Å². The Labute approximate surface area is 130 Å². The van der Waals surface area contributed by atoms with Gasteiger partial charge in [-0.2, -0.15) is 5.10 Å². The zero-order valence-electron chi connectivity index (χ0n) is 13.4. The third-order valence-electron chi connectivity index (χ3n) is 3.58. The summed E-state index contributed by atoms with van der Waals surface area (Å²) < 4.78 is 7.55. The molecule has 0 aromatic carbocycles. The van der Waals surface area contributed by atoms with Gasteiger partial charge in [-0.3, -0.25) is 4.68 Å². The van der Waals surface area contributed by atoms with E-state index < -0.39 is 0 Å². The molecule has 2 aromatic rings. The Morgan fingerprint density at radius 2 is 2.18 bits per heavy atom. The summed E-state index contributed by atoms with van der Waals surface area (Å²) in [6.45, 7) is 7.91. The summed E-state index contributed by atoms with van der Waals surface area (Å²) in [7, 11) is 0. The maximum absolute atomic E-state index is 5.42. The summed E-state index contributed by atoms with van der Waals surface area (Å²) in [4.78, 5) is 8.36. The molecule has 1 aliphatic carbocycles. The maximum Gasteiger partial charge on any atom is 0.218 e. The predicted molar refractivity (Wildman–Crippen MR) is 85.5 cm³/mol. The van der Waals surface area contributed by atoms with Gasteiger partial charge in [0.1, 0.15) is 12.1 Å². The van der Waals surface area contributed by atoms with Gasteiger partial charge in [-0.1, -0.05) is 13.8 Å². The fourth-order valence-corrected chi connectivity index (χ4v) is 2.54. The van der Waals surface area contributed by atoms with Crippen LogP contribution in [0.15, 0.2) is 18.6 Å². The van der Waals surface area contributed by atoms with Crippen LogP contribution in [-0.4, -0.2) is 26.4 Å². The quantitative estimate of drug-likeness (QED) is 0.849. The fourth-order valence-electron chi connectivity index (χ4n) is 2.54. The Bertz CT molecular complexity index is 633. The van der Waals surface area contributed by atoms with Crippen molar-refractivity contribution in [1.29, 1.82) is 0 Å². The Kier molecular flexibility index (Phi) is 4.27. The van der Waals surface area contributed by atoms with Crippen molar-refractivity contribution in [1.82, 2.24) is 19.7 Å². The zero-order valence-corrected chi connectivity index (χ0v) is 13.4. The largest absolute Gasteiger partial charge is 0.478 e. The molecule has 0 saturated heterocycles. The average molecular weight is 301 g/mol. The third-order valence-corrected chi connectivity index (χ3v) is 3.58. The van der Waals surface area contributed by atoms with E-state index in [4.69, 9.17) is 4.74 Å². The summed E-state index contributed by atoms with van der Waals surface area (Å²) in [5.74, 6) is 2.53. The van der Waals surface area contributed by atoms with Gasteiger partial charge in [-0.05, 0) is 25.7 Å². The molecule has 22 heavy (non-hydrogen) atoms. The molecule has 3 rings (SSSR count). The Balaban J connectivity index is 1.82. The highest BCUT2D eigenvalue weighted by molar-refractivity contribution is 5.60. The topological polar surface area (TPSA) is 64.9 Å². The number of anilines is 2. The lowest BCUT2D eigenvalue weighted by Crippen LogP contribution is -2.10. The standard InChI is InChI=1S/C16H23N5O/c1-4-22-15-7-14(17-10-18-15)20-13-8-19-21(9-11(2)3)16(13)12-5-6-12/h7-8,10-12H,4-6,9H2,1-3H3,(H,17,18,20). The lowest BCUT2D eigenvalue weighted by molar-refractivity contribution is 0.326. The molecule has 0 radical (unpaired) electrons. The van der Waals surface area contributed by atoms with Gasteiger partial charge < -0.3 is 10.1 Å². The van der Waals surface area contributed by atoms with E-state index in [0.717, 1.165) is 18.1 Å². The van der Waals surface area contributed by atoms with Crippen LogP contribution in [0.3, 0.4) is 0 Å². The van der Waals surface area contributed by atoms with Crippen molar-refractivity contribution in [2.75, 3.05) is 11.9 Å². The van der Waals surface area contributed by atoms with Crippen molar-refractivity contribution < 1.29 is 4.74 Å². The summed E-state index contributed by atoms with van der Waals surface area (Å²) in [5.41, 5.74) is 2.34. The predicted octanol–water partition coefficient (Wildman–Crippen LogP) is 3.35. The molecular weight excluding hydrogens is 278 g/mol. The average Bonchev–Trinajstić information content (AvgIpc) is 3.23. The lowest BCUT2D eigenvalue weighted by Gasteiger charge is -2.12. The highest BCUT2D eigenvalue weighted by atomic mass is 16.5. The molecule has 0 bridgehead atoms. The van der Waals surface area contributed by atoms with E-state index in [9.17, 15) is 0 Å². The van der Waals surface area contributed by atoms with Crippen molar-refractivity contribution in [3.63, 3.8) is 0 Å². The molecule has 1 aliphatic rings. The molecule has 0 aliphatic heterocycles. The minimum absolute atomic E-state index is 0.578. The fraction of sp³-hybridized carbons (Fsp3) is 0.562. The molecule has 0 atom stereocenters. The normalized spacial score (nSPS) is 14.4. The van der Waals surface area contributed by atoms with Crippen LogP contribution in [0, 0.1) is 5.92 Å². The van der Waals surface area contributed by atoms with Crippen LogP contribution in [0.25, 0.3) is 0 Å². The molecule has 1 saturated carbocycles. The first kappa shape index (κ1) is 14.8. The minimum Gasteiger partial charge on any atom is -0.478 e. The third kappa shape index (κ3) is 3.37. The number of hydrogen-bond donors (Lipinski definition) is 1. The van der Waals surface area contributed by atoms with Gasteiger partial charge >= 0.3 is 0 Å². The first-order valence-electron chi connectivity index (χ1n) is 7.95. The van der Waals surface area contributed by atoms with E-state index in [1.165, 1.54) is 24.9 Å². The molecule has 118 valence electrons. The summed E-state index contributed by atoms with van der Waals surface area (Å²) in [6.07, 6.45) is 5.90. The van der Waals surface area contributed by atoms with Gasteiger partial charge in [0, 0.05) is 18.5 Å². The second-order valence-electron chi connectivity index (χ2n) is 6.09. The number of nitrogens with zero attached hydrogens (tertiary/aromatic N) is 4. The van der Waals surface area contributed by atoms with Gasteiger partial charge in [0.15, 0.2) is 0 Å². The number of aromatic nitrogens is 4. The van der Waals surface area contributed by atoms with Crippen LogP contribution in [0.1, 0.15) is 45.2 Å². The van der Waals surface area contributed by atoms with Crippen LogP contribution in [-0.2, 0) is 6.54 Å². The van der Waals surface area contributed by atoms with Gasteiger partial charge in [0.05, 0.1) is 24.2 Å². The lowest BCUT2D eigenvalue weighted by atomic mass is 10.2. The van der Waals surface area contributed by atoms with E-state index in [0.29, 0.717) is 24.3 Å². The maximum atomic E-state index is 5.42. The molecule has 0 amide bonds. The molecule has 1 fully saturated rings. The van der Waals surface area contributed by atoms with Crippen LogP contribution < -0.4 is 10.1 Å². The van der Waals surface area contributed by atoms with E-state index in [1.54, 1.807) is 0 Å². The monoisotopic (exact) mass is 301 g/mol. The number of ether oxygens (including phenoxy) is 1. The Morgan fingerprint density at radius 3 is 2.86 bits per heavy atom. The Hall–Kier alpha value is -2.11. The molecule has 0 unspecified atom stereocenters. The van der Waals surface area contributed by atoms with Crippen LogP contribution >= 0.6 is 0 Å². The van der Waals surface area contributed by atoms with E-state index >= 15 is 0 Å². The first-order chi connectivity index (χ1) is 10.7. The molecule has 6 heteroatoms.